The van der Waals surface area contributed by atoms with Gasteiger partial charge in [-0.2, -0.15) is 0 Å². The van der Waals surface area contributed by atoms with Crippen LogP contribution in [0.25, 0.3) is 0 Å². The summed E-state index contributed by atoms with van der Waals surface area (Å²) in [4.78, 5) is 27.5. The molecule has 0 bridgehead atoms. The molecule has 2 saturated heterocycles. The van der Waals surface area contributed by atoms with Crippen molar-refractivity contribution < 1.29 is 14.7 Å². The first-order valence-corrected chi connectivity index (χ1v) is 9.26. The van der Waals surface area contributed by atoms with Gasteiger partial charge in [0.15, 0.2) is 0 Å². The van der Waals surface area contributed by atoms with Gasteiger partial charge in [-0.15, -0.1) is 0 Å². The van der Waals surface area contributed by atoms with Crippen LogP contribution in [0.5, 0.6) is 0 Å². The highest BCUT2D eigenvalue weighted by atomic mass is 79.9. The van der Waals surface area contributed by atoms with Gasteiger partial charge in [0.25, 0.3) is 0 Å². The second-order valence-corrected chi connectivity index (χ2v) is 7.64. The third kappa shape index (κ3) is 3.64. The van der Waals surface area contributed by atoms with Crippen LogP contribution in [0.15, 0.2) is 22.7 Å². The van der Waals surface area contributed by atoms with Crippen LogP contribution in [0.4, 0.5) is 0 Å². The smallest absolute Gasteiger partial charge is 0.326 e. The molecule has 2 heterocycles. The summed E-state index contributed by atoms with van der Waals surface area (Å²) in [6.45, 7) is 4.79. The number of carboxylic acid groups (broad SMARTS) is 1. The highest BCUT2D eigenvalue weighted by Crippen LogP contribution is 2.28. The first kappa shape index (κ1) is 17.4. The van der Waals surface area contributed by atoms with Crippen LogP contribution >= 0.6 is 15.9 Å². The van der Waals surface area contributed by atoms with Gasteiger partial charge in [-0.1, -0.05) is 28.1 Å². The molecule has 3 rings (SSSR count). The molecule has 0 saturated carbocycles. The third-order valence-corrected chi connectivity index (χ3v) is 6.01. The lowest BCUT2D eigenvalue weighted by Crippen LogP contribution is -2.50. The highest BCUT2D eigenvalue weighted by molar-refractivity contribution is 9.10. The summed E-state index contributed by atoms with van der Waals surface area (Å²) >= 11 is 3.52. The Morgan fingerprint density at radius 3 is 2.62 bits per heavy atom. The fraction of sp³-hybridized carbons (Fsp3) is 0.556. The summed E-state index contributed by atoms with van der Waals surface area (Å²) in [5.74, 6) is -0.863. The molecule has 6 heteroatoms. The van der Waals surface area contributed by atoms with Gasteiger partial charge < -0.3 is 10.0 Å². The fourth-order valence-corrected chi connectivity index (χ4v) is 4.07. The van der Waals surface area contributed by atoms with Crippen molar-refractivity contribution in [3.05, 3.63) is 33.8 Å². The lowest BCUT2D eigenvalue weighted by Gasteiger charge is -2.38. The second-order valence-electron chi connectivity index (χ2n) is 6.78. The van der Waals surface area contributed by atoms with E-state index in [1.54, 1.807) is 4.90 Å². The van der Waals surface area contributed by atoms with Crippen LogP contribution in [-0.2, 0) is 16.1 Å². The Hall–Kier alpha value is -1.40. The molecule has 1 N–H and O–H groups in total. The molecule has 1 aromatic rings. The maximum Gasteiger partial charge on any atom is 0.326 e. The molecular formula is C18H23BrN2O3. The van der Waals surface area contributed by atoms with Crippen molar-refractivity contribution >= 4 is 27.8 Å². The number of carbonyl (C=O) groups is 2. The minimum absolute atomic E-state index is 0.00406. The zero-order valence-electron chi connectivity index (χ0n) is 13.9. The van der Waals surface area contributed by atoms with Crippen molar-refractivity contribution in [1.82, 2.24) is 9.80 Å². The Morgan fingerprint density at radius 2 is 2.00 bits per heavy atom. The largest absolute Gasteiger partial charge is 0.480 e. The second kappa shape index (κ2) is 7.23. The number of nitrogens with zero attached hydrogens (tertiary/aromatic N) is 2. The van der Waals surface area contributed by atoms with E-state index in [9.17, 15) is 14.7 Å². The van der Waals surface area contributed by atoms with Crippen LogP contribution in [0.3, 0.4) is 0 Å². The summed E-state index contributed by atoms with van der Waals surface area (Å²) in [5.41, 5.74) is 2.52. The van der Waals surface area contributed by atoms with Gasteiger partial charge in [0.05, 0.1) is 0 Å². The van der Waals surface area contributed by atoms with Crippen molar-refractivity contribution in [2.45, 2.75) is 51.2 Å². The maximum absolute atomic E-state index is 12.1. The molecule has 1 unspecified atom stereocenters. The Labute approximate surface area is 150 Å². The van der Waals surface area contributed by atoms with Crippen molar-refractivity contribution in [1.29, 1.82) is 0 Å². The summed E-state index contributed by atoms with van der Waals surface area (Å²) in [7, 11) is 0. The van der Waals surface area contributed by atoms with Crippen LogP contribution in [0.2, 0.25) is 0 Å². The van der Waals surface area contributed by atoms with E-state index in [1.165, 1.54) is 11.1 Å². The predicted octanol–water partition coefficient (Wildman–Crippen LogP) is 2.80. The van der Waals surface area contributed by atoms with Crippen LogP contribution in [-0.4, -0.2) is 52.0 Å². The number of carboxylic acids is 1. The molecule has 2 fully saturated rings. The molecular weight excluding hydrogens is 372 g/mol. The highest BCUT2D eigenvalue weighted by Gasteiger charge is 2.41. The summed E-state index contributed by atoms with van der Waals surface area (Å²) in [6.07, 6.45) is 2.53. The molecule has 0 aromatic heterocycles. The minimum Gasteiger partial charge on any atom is -0.480 e. The molecule has 5 nitrogen and oxygen atoms in total. The van der Waals surface area contributed by atoms with Gasteiger partial charge in [0.2, 0.25) is 5.91 Å². The number of hydrogen-bond acceptors (Lipinski definition) is 3. The zero-order chi connectivity index (χ0) is 17.3. The Morgan fingerprint density at radius 1 is 1.29 bits per heavy atom. The number of hydrogen-bond donors (Lipinski definition) is 1. The van der Waals surface area contributed by atoms with E-state index in [2.05, 4.69) is 46.0 Å². The molecule has 1 atom stereocenters. The number of piperidine rings is 1. The van der Waals surface area contributed by atoms with Crippen LogP contribution < -0.4 is 0 Å². The topological polar surface area (TPSA) is 60.9 Å². The Bertz CT molecular complexity index is 641. The van der Waals surface area contributed by atoms with Gasteiger partial charge in [-0.05, 0) is 43.4 Å². The van der Waals surface area contributed by atoms with E-state index >= 15 is 0 Å². The van der Waals surface area contributed by atoms with Crippen molar-refractivity contribution in [2.75, 3.05) is 13.1 Å². The van der Waals surface area contributed by atoms with E-state index in [4.69, 9.17) is 0 Å². The van der Waals surface area contributed by atoms with Crippen molar-refractivity contribution in [2.24, 2.45) is 0 Å². The number of aryl methyl sites for hydroxylation is 1. The number of amides is 1. The molecule has 0 radical (unpaired) electrons. The lowest BCUT2D eigenvalue weighted by atomic mass is 10.0. The molecule has 1 amide bonds. The van der Waals surface area contributed by atoms with Gasteiger partial charge in [-0.25, -0.2) is 4.79 Å². The Balaban J connectivity index is 1.58. The van der Waals surface area contributed by atoms with E-state index in [0.717, 1.165) is 36.9 Å². The average molecular weight is 395 g/mol. The minimum atomic E-state index is -0.867. The first-order valence-electron chi connectivity index (χ1n) is 8.47. The molecule has 2 aliphatic heterocycles. The normalized spacial score (nSPS) is 23.0. The molecule has 0 spiro atoms. The van der Waals surface area contributed by atoms with E-state index in [-0.39, 0.29) is 11.9 Å². The first-order chi connectivity index (χ1) is 11.5. The summed E-state index contributed by atoms with van der Waals surface area (Å²) in [6, 6.07) is 5.86. The molecule has 0 aliphatic carbocycles. The van der Waals surface area contributed by atoms with E-state index in [0.29, 0.717) is 12.8 Å². The van der Waals surface area contributed by atoms with Crippen molar-refractivity contribution in [3.63, 3.8) is 0 Å². The summed E-state index contributed by atoms with van der Waals surface area (Å²) in [5, 5.41) is 9.32. The molecule has 1 aromatic carbocycles. The van der Waals surface area contributed by atoms with E-state index < -0.39 is 12.0 Å². The number of halogens is 1. The molecule has 130 valence electrons. The SMILES string of the molecule is Cc1cc(CN2CCC(N3C(=O)CCC3C(=O)O)CC2)ccc1Br. The third-order valence-electron chi connectivity index (χ3n) is 5.12. The Kier molecular flexibility index (Phi) is 5.25. The van der Waals surface area contributed by atoms with Gasteiger partial charge in [-0.3, -0.25) is 9.69 Å². The van der Waals surface area contributed by atoms with Gasteiger partial charge in [0, 0.05) is 36.6 Å². The van der Waals surface area contributed by atoms with Crippen molar-refractivity contribution in [3.8, 4) is 0 Å². The number of likely N-dealkylation sites (tertiary alicyclic amines) is 2. The number of aliphatic carboxylic acids is 1. The number of carbonyl (C=O) groups excluding carboxylic acids is 1. The monoisotopic (exact) mass is 394 g/mol. The lowest BCUT2D eigenvalue weighted by molar-refractivity contribution is -0.148. The number of rotatable bonds is 4. The number of benzene rings is 1. The maximum atomic E-state index is 12.1. The van der Waals surface area contributed by atoms with Crippen LogP contribution in [0, 0.1) is 6.92 Å². The predicted molar refractivity (Wildman–Crippen MR) is 94.7 cm³/mol. The molecule has 2 aliphatic rings. The van der Waals surface area contributed by atoms with Gasteiger partial charge >= 0.3 is 5.97 Å². The van der Waals surface area contributed by atoms with E-state index in [1.807, 2.05) is 0 Å². The van der Waals surface area contributed by atoms with Gasteiger partial charge in [0.1, 0.15) is 6.04 Å². The quantitative estimate of drug-likeness (QED) is 0.852. The summed E-state index contributed by atoms with van der Waals surface area (Å²) < 4.78 is 1.12. The fourth-order valence-electron chi connectivity index (χ4n) is 3.82. The zero-order valence-corrected chi connectivity index (χ0v) is 15.5. The van der Waals surface area contributed by atoms with Crippen LogP contribution in [0.1, 0.15) is 36.8 Å². The molecule has 24 heavy (non-hydrogen) atoms. The average Bonchev–Trinajstić information content (AvgIpc) is 2.94. The standard InChI is InChI=1S/C18H23BrN2O3/c1-12-10-13(2-3-15(12)19)11-20-8-6-14(7-9-20)21-16(18(23)24)4-5-17(21)22/h2-3,10,14,16H,4-9,11H2,1H3,(H,23,24).